The van der Waals surface area contributed by atoms with Gasteiger partial charge in [-0.1, -0.05) is 17.9 Å². The van der Waals surface area contributed by atoms with Crippen molar-refractivity contribution in [3.05, 3.63) is 47.8 Å². The summed E-state index contributed by atoms with van der Waals surface area (Å²) in [7, 11) is 1.59. The number of rotatable bonds is 2. The summed E-state index contributed by atoms with van der Waals surface area (Å²) in [4.78, 5) is 12.3. The highest BCUT2D eigenvalue weighted by molar-refractivity contribution is 6.34. The van der Waals surface area contributed by atoms with Crippen LogP contribution in [0.4, 0.5) is 5.69 Å². The number of nitrogens with zero attached hydrogens (tertiary/aromatic N) is 1. The van der Waals surface area contributed by atoms with Crippen molar-refractivity contribution < 1.29 is 14.6 Å². The number of aliphatic hydroxyl groups is 1. The molecular weight excluding hydrogens is 304 g/mol. The van der Waals surface area contributed by atoms with Crippen LogP contribution in [0.5, 0.6) is 5.75 Å². The molecule has 0 unspecified atom stereocenters. The van der Waals surface area contributed by atoms with Crippen molar-refractivity contribution in [2.24, 2.45) is 0 Å². The fraction of sp³-hybridized carbons (Fsp3) is 0.211. The van der Waals surface area contributed by atoms with Crippen molar-refractivity contribution in [3.63, 3.8) is 0 Å². The molecule has 1 aliphatic rings. The van der Waals surface area contributed by atoms with Crippen LogP contribution in [0, 0.1) is 11.8 Å². The molecular formula is C19H18N2O3. The molecule has 1 aromatic heterocycles. The van der Waals surface area contributed by atoms with Gasteiger partial charge in [0.2, 0.25) is 0 Å². The minimum absolute atomic E-state index is 0.185. The van der Waals surface area contributed by atoms with Crippen LogP contribution in [-0.2, 0) is 4.79 Å². The molecule has 0 radical (unpaired) electrons. The Balaban J connectivity index is 2.09. The van der Waals surface area contributed by atoms with Crippen molar-refractivity contribution in [2.75, 3.05) is 12.4 Å². The summed E-state index contributed by atoms with van der Waals surface area (Å²) >= 11 is 0. The van der Waals surface area contributed by atoms with E-state index in [9.17, 15) is 9.90 Å². The Kier molecular flexibility index (Phi) is 3.92. The summed E-state index contributed by atoms with van der Waals surface area (Å²) in [5.74, 6) is 6.29. The maximum Gasteiger partial charge on any atom is 0.257 e. The van der Waals surface area contributed by atoms with Crippen LogP contribution in [-0.4, -0.2) is 28.3 Å². The van der Waals surface area contributed by atoms with Gasteiger partial charge in [0, 0.05) is 23.5 Å². The van der Waals surface area contributed by atoms with Crippen molar-refractivity contribution >= 4 is 23.4 Å². The minimum atomic E-state index is -1.10. The molecule has 0 bridgehead atoms. The van der Waals surface area contributed by atoms with Crippen LogP contribution in [0.15, 0.2) is 36.7 Å². The Morgan fingerprint density at radius 3 is 2.79 bits per heavy atom. The molecule has 1 aliphatic heterocycles. The third-order valence-electron chi connectivity index (χ3n) is 3.53. The van der Waals surface area contributed by atoms with Crippen LogP contribution in [0.25, 0.3) is 11.8 Å². The van der Waals surface area contributed by atoms with Crippen LogP contribution >= 0.6 is 0 Å². The number of carbonyl (C=O) groups is 1. The molecule has 2 N–H and O–H groups in total. The first-order chi connectivity index (χ1) is 11.4. The van der Waals surface area contributed by atoms with Gasteiger partial charge in [0.15, 0.2) is 0 Å². The number of aromatic nitrogens is 1. The second kappa shape index (κ2) is 5.91. The van der Waals surface area contributed by atoms with E-state index in [0.717, 1.165) is 5.56 Å². The Morgan fingerprint density at radius 2 is 2.12 bits per heavy atom. The van der Waals surface area contributed by atoms with Gasteiger partial charge < -0.3 is 19.7 Å². The highest BCUT2D eigenvalue weighted by Gasteiger charge is 2.26. The predicted octanol–water partition coefficient (Wildman–Crippen LogP) is 2.57. The largest absolute Gasteiger partial charge is 0.495 e. The molecule has 0 spiro atoms. The van der Waals surface area contributed by atoms with E-state index in [2.05, 4.69) is 17.2 Å². The standard InChI is InChI=1S/C19H18N2O3/c1-19(2,23)9-7-13-5-4-6-16-17(13)15(18(22)20-16)12-21-10-8-14(11-21)24-3/h4-6,8,10-12,23H,1-3H3,(H,20,22). The Hall–Kier alpha value is -2.97. The van der Waals surface area contributed by atoms with Crippen LogP contribution < -0.4 is 10.1 Å². The molecule has 5 nitrogen and oxygen atoms in total. The van der Waals surface area contributed by atoms with Crippen LogP contribution in [0.2, 0.25) is 0 Å². The third kappa shape index (κ3) is 3.19. The highest BCUT2D eigenvalue weighted by Crippen LogP contribution is 2.35. The van der Waals surface area contributed by atoms with Crippen LogP contribution in [0.3, 0.4) is 0 Å². The van der Waals surface area contributed by atoms with E-state index in [-0.39, 0.29) is 5.91 Å². The summed E-state index contributed by atoms with van der Waals surface area (Å²) in [6.07, 6.45) is 5.32. The predicted molar refractivity (Wildman–Crippen MR) is 93.4 cm³/mol. The number of fused-ring (bicyclic) bond motifs is 1. The molecule has 3 rings (SSSR count). The lowest BCUT2D eigenvalue weighted by atomic mass is 10.0. The lowest BCUT2D eigenvalue weighted by Gasteiger charge is -2.07. The van der Waals surface area contributed by atoms with E-state index in [0.29, 0.717) is 22.6 Å². The van der Waals surface area contributed by atoms with E-state index in [1.807, 2.05) is 30.5 Å². The van der Waals surface area contributed by atoms with Crippen molar-refractivity contribution in [1.29, 1.82) is 0 Å². The highest BCUT2D eigenvalue weighted by atomic mass is 16.5. The van der Waals surface area contributed by atoms with E-state index in [4.69, 9.17) is 4.74 Å². The van der Waals surface area contributed by atoms with Gasteiger partial charge in [-0.25, -0.2) is 0 Å². The number of nitrogens with one attached hydrogen (secondary N) is 1. The monoisotopic (exact) mass is 322 g/mol. The van der Waals surface area contributed by atoms with Gasteiger partial charge in [-0.3, -0.25) is 4.79 Å². The molecule has 1 amide bonds. The number of amides is 1. The molecule has 5 heteroatoms. The molecule has 24 heavy (non-hydrogen) atoms. The maximum atomic E-state index is 12.3. The van der Waals surface area contributed by atoms with E-state index >= 15 is 0 Å². The molecule has 122 valence electrons. The van der Waals surface area contributed by atoms with E-state index < -0.39 is 5.60 Å². The molecule has 0 aliphatic carbocycles. The number of anilines is 1. The Bertz CT molecular complexity index is 889. The molecule has 2 heterocycles. The number of carbonyl (C=O) groups excluding carboxylic acids is 1. The van der Waals surface area contributed by atoms with Gasteiger partial charge in [0.1, 0.15) is 11.4 Å². The zero-order valence-electron chi connectivity index (χ0n) is 13.8. The van der Waals surface area contributed by atoms with Gasteiger partial charge in [-0.05, 0) is 32.0 Å². The number of methoxy groups -OCH3 is 1. The van der Waals surface area contributed by atoms with Gasteiger partial charge in [0.25, 0.3) is 5.91 Å². The summed E-state index contributed by atoms with van der Waals surface area (Å²) in [6, 6.07) is 7.31. The van der Waals surface area contributed by atoms with Crippen LogP contribution in [0.1, 0.15) is 25.0 Å². The summed E-state index contributed by atoms with van der Waals surface area (Å²) in [5, 5.41) is 12.7. The molecule has 1 aromatic carbocycles. The number of ether oxygens (including phenoxy) is 1. The van der Waals surface area contributed by atoms with Crippen molar-refractivity contribution in [1.82, 2.24) is 4.57 Å². The fourth-order valence-electron chi connectivity index (χ4n) is 2.44. The van der Waals surface area contributed by atoms with Gasteiger partial charge in [-0.15, -0.1) is 0 Å². The molecule has 2 aromatic rings. The first-order valence-electron chi connectivity index (χ1n) is 7.51. The van der Waals surface area contributed by atoms with Crippen molar-refractivity contribution in [3.8, 4) is 17.6 Å². The summed E-state index contributed by atoms with van der Waals surface area (Å²) < 4.78 is 6.92. The Morgan fingerprint density at radius 1 is 1.33 bits per heavy atom. The maximum absolute atomic E-state index is 12.3. The van der Waals surface area contributed by atoms with Gasteiger partial charge in [0.05, 0.1) is 24.6 Å². The molecule has 0 atom stereocenters. The number of hydrogen-bond donors (Lipinski definition) is 2. The zero-order chi connectivity index (χ0) is 17.3. The smallest absolute Gasteiger partial charge is 0.257 e. The average Bonchev–Trinajstić information content (AvgIpc) is 3.10. The third-order valence-corrected chi connectivity index (χ3v) is 3.53. The summed E-state index contributed by atoms with van der Waals surface area (Å²) in [6.45, 7) is 3.24. The topological polar surface area (TPSA) is 63.5 Å². The van der Waals surface area contributed by atoms with Gasteiger partial charge in [-0.2, -0.15) is 0 Å². The first kappa shape index (κ1) is 15.9. The lowest BCUT2D eigenvalue weighted by molar-refractivity contribution is -0.110. The normalized spacial score (nSPS) is 14.8. The molecule has 0 saturated heterocycles. The van der Waals surface area contributed by atoms with E-state index in [1.54, 1.807) is 37.9 Å². The number of benzene rings is 1. The first-order valence-corrected chi connectivity index (χ1v) is 7.51. The SMILES string of the molecule is COc1ccn(C=C2C(=O)Nc3cccc(C#CC(C)(C)O)c32)c1. The second-order valence-corrected chi connectivity index (χ2v) is 6.03. The lowest BCUT2D eigenvalue weighted by Crippen LogP contribution is -2.14. The Labute approximate surface area is 140 Å². The molecule has 0 fully saturated rings. The zero-order valence-corrected chi connectivity index (χ0v) is 13.8. The number of hydrogen-bond acceptors (Lipinski definition) is 3. The van der Waals surface area contributed by atoms with Crippen molar-refractivity contribution in [2.45, 2.75) is 19.4 Å². The van der Waals surface area contributed by atoms with Gasteiger partial charge >= 0.3 is 0 Å². The quantitative estimate of drug-likeness (QED) is 0.660. The fourth-order valence-corrected chi connectivity index (χ4v) is 2.44. The molecule has 0 saturated carbocycles. The second-order valence-electron chi connectivity index (χ2n) is 6.03. The summed E-state index contributed by atoms with van der Waals surface area (Å²) in [5.41, 5.74) is 1.57. The minimum Gasteiger partial charge on any atom is -0.495 e. The van der Waals surface area contributed by atoms with E-state index in [1.165, 1.54) is 0 Å². The average molecular weight is 322 g/mol.